The fraction of sp³-hybridized carbons (Fsp3) is 0.231. The summed E-state index contributed by atoms with van der Waals surface area (Å²) in [7, 11) is 1.60. The molecule has 2 atom stereocenters. The number of carboxylic acids is 1. The number of carboxylic acid groups (broad SMARTS) is 1. The Morgan fingerprint density at radius 1 is 1.16 bits per heavy atom. The van der Waals surface area contributed by atoms with Crippen molar-refractivity contribution in [2.24, 2.45) is 0 Å². The first-order valence-electron chi connectivity index (χ1n) is 11.2. The number of likely N-dealkylation sites (N-methyl/N-ethyl adjacent to an activating group) is 1. The molecule has 0 unspecified atom stereocenters. The monoisotopic (exact) mass is 554 g/mol. The van der Waals surface area contributed by atoms with Crippen LogP contribution in [-0.2, 0) is 11.3 Å². The zero-order valence-electron chi connectivity index (χ0n) is 19.5. The van der Waals surface area contributed by atoms with Gasteiger partial charge in [-0.1, -0.05) is 35.3 Å². The van der Waals surface area contributed by atoms with Crippen LogP contribution in [0.4, 0.5) is 10.5 Å². The number of anilines is 1. The molecule has 0 aliphatic carbocycles. The Labute approximate surface area is 226 Å². The van der Waals surface area contributed by atoms with Crippen LogP contribution in [0.5, 0.6) is 0 Å². The van der Waals surface area contributed by atoms with E-state index in [-0.39, 0.29) is 17.8 Å². The molecule has 3 aromatic rings. The summed E-state index contributed by atoms with van der Waals surface area (Å²) in [4.78, 5) is 44.0. The van der Waals surface area contributed by atoms with Gasteiger partial charge in [-0.3, -0.25) is 9.69 Å². The lowest BCUT2D eigenvalue weighted by Gasteiger charge is -2.34. The summed E-state index contributed by atoms with van der Waals surface area (Å²) >= 11 is 13.7. The molecule has 0 saturated carbocycles. The van der Waals surface area contributed by atoms with E-state index in [2.05, 4.69) is 6.07 Å². The van der Waals surface area contributed by atoms with E-state index in [1.807, 2.05) is 4.90 Å². The van der Waals surface area contributed by atoms with E-state index in [9.17, 15) is 24.8 Å². The highest BCUT2D eigenvalue weighted by atomic mass is 35.5. The van der Waals surface area contributed by atoms with Crippen LogP contribution in [0.2, 0.25) is 10.0 Å². The Bertz CT molecular complexity index is 1450. The third kappa shape index (κ3) is 4.16. The molecule has 0 bridgehead atoms. The quantitative estimate of drug-likeness (QED) is 0.442. The van der Waals surface area contributed by atoms with Crippen molar-refractivity contribution >= 4 is 58.1 Å². The Balaban J connectivity index is 1.58. The number of carbonyl (C=O) groups excluding carboxylic acids is 2. The Kier molecular flexibility index (Phi) is 6.46. The predicted octanol–water partition coefficient (Wildman–Crippen LogP) is 5.06. The lowest BCUT2D eigenvalue weighted by atomic mass is 9.80. The summed E-state index contributed by atoms with van der Waals surface area (Å²) in [5.74, 6) is -1.87. The Morgan fingerprint density at radius 2 is 1.84 bits per heavy atom. The van der Waals surface area contributed by atoms with Gasteiger partial charge in [-0.15, -0.1) is 0 Å². The first kappa shape index (κ1) is 25.2. The number of carbonyl (C=O) groups is 3. The lowest BCUT2D eigenvalue weighted by Crippen LogP contribution is -2.53. The second kappa shape index (κ2) is 9.47. The fourth-order valence-electron chi connectivity index (χ4n) is 5.29. The number of hydrogen-bond acceptors (Lipinski definition) is 6. The standard InChI is InChI=1S/C26H20Cl2N4O4S/c1-30-25(36)32(20-7-18(27)6-19(28)8-20)24(35)26(30)14-31(10-17-12-37-13-21(17)23(33)34)11-22(26)16-4-2-15(9-29)3-5-16/h2-8,12-13,22H,10-11,14H2,1H3,(H,33,34)/t22-,26+/m0/s1. The molecule has 2 aromatic carbocycles. The molecule has 0 radical (unpaired) electrons. The zero-order chi connectivity index (χ0) is 26.5. The van der Waals surface area contributed by atoms with E-state index in [0.717, 1.165) is 10.5 Å². The number of hydrogen-bond donors (Lipinski definition) is 1. The number of nitrogens with zero attached hydrogens (tertiary/aromatic N) is 4. The average Bonchev–Trinajstić information content (AvgIpc) is 3.52. The van der Waals surface area contributed by atoms with Crippen molar-refractivity contribution in [3.05, 3.63) is 85.5 Å². The number of benzene rings is 2. The molecule has 3 amide bonds. The maximum atomic E-state index is 14.2. The van der Waals surface area contributed by atoms with Crippen LogP contribution in [0.15, 0.2) is 53.2 Å². The van der Waals surface area contributed by atoms with E-state index in [1.165, 1.54) is 34.4 Å². The van der Waals surface area contributed by atoms with Crippen LogP contribution in [0.3, 0.4) is 0 Å². The molecule has 37 heavy (non-hydrogen) atoms. The third-order valence-corrected chi connectivity index (χ3v) is 8.28. The van der Waals surface area contributed by atoms with Crippen LogP contribution in [0, 0.1) is 11.3 Å². The molecule has 188 valence electrons. The van der Waals surface area contributed by atoms with Crippen LogP contribution in [-0.4, -0.2) is 58.5 Å². The highest BCUT2D eigenvalue weighted by Gasteiger charge is 2.64. The van der Waals surface area contributed by atoms with Gasteiger partial charge < -0.3 is 10.0 Å². The molecule has 3 heterocycles. The number of aromatic carboxylic acids is 1. The molecule has 1 aromatic heterocycles. The molecule has 1 N–H and O–H groups in total. The summed E-state index contributed by atoms with van der Waals surface area (Å²) in [6.07, 6.45) is 0. The highest BCUT2D eigenvalue weighted by Crippen LogP contribution is 2.47. The van der Waals surface area contributed by atoms with Crippen LogP contribution in [0.1, 0.15) is 33.0 Å². The molecule has 2 saturated heterocycles. The Hall–Kier alpha value is -3.42. The van der Waals surface area contributed by atoms with Gasteiger partial charge in [0.05, 0.1) is 22.9 Å². The molecule has 2 aliphatic rings. The van der Waals surface area contributed by atoms with Crippen molar-refractivity contribution in [3.63, 3.8) is 0 Å². The van der Waals surface area contributed by atoms with Gasteiger partial charge in [0.1, 0.15) is 5.54 Å². The summed E-state index contributed by atoms with van der Waals surface area (Å²) < 4.78 is 0. The first-order chi connectivity index (χ1) is 17.6. The lowest BCUT2D eigenvalue weighted by molar-refractivity contribution is -0.124. The molecule has 8 nitrogen and oxygen atoms in total. The normalized spacial score (nSPS) is 21.7. The van der Waals surface area contributed by atoms with Crippen molar-refractivity contribution in [2.45, 2.75) is 18.0 Å². The molecular weight excluding hydrogens is 535 g/mol. The van der Waals surface area contributed by atoms with Crippen molar-refractivity contribution in [1.29, 1.82) is 5.26 Å². The topological polar surface area (TPSA) is 105 Å². The number of nitriles is 1. The third-order valence-electron chi connectivity index (χ3n) is 7.05. The molecule has 5 rings (SSSR count). The minimum absolute atomic E-state index is 0.193. The maximum absolute atomic E-state index is 14.2. The van der Waals surface area contributed by atoms with Gasteiger partial charge in [0.2, 0.25) is 0 Å². The van der Waals surface area contributed by atoms with E-state index in [0.29, 0.717) is 34.3 Å². The second-order valence-electron chi connectivity index (χ2n) is 9.11. The van der Waals surface area contributed by atoms with Gasteiger partial charge in [0.15, 0.2) is 0 Å². The molecule has 2 aliphatic heterocycles. The summed E-state index contributed by atoms with van der Waals surface area (Å²) in [5, 5.41) is 22.8. The SMILES string of the molecule is CN1C(=O)N(c2cc(Cl)cc(Cl)c2)C(=O)[C@]12CN(Cc1cscc1C(=O)O)C[C@H]2c1ccc(C#N)cc1. The predicted molar refractivity (Wildman–Crippen MR) is 140 cm³/mol. The summed E-state index contributed by atoms with van der Waals surface area (Å²) in [6.45, 7) is 0.894. The van der Waals surface area contributed by atoms with Gasteiger partial charge in [0.25, 0.3) is 5.91 Å². The number of thiophene rings is 1. The van der Waals surface area contributed by atoms with Gasteiger partial charge in [-0.2, -0.15) is 16.6 Å². The fourth-order valence-corrected chi connectivity index (χ4v) is 6.62. The van der Waals surface area contributed by atoms with Crippen LogP contribution < -0.4 is 4.90 Å². The largest absolute Gasteiger partial charge is 0.478 e. The number of likely N-dealkylation sites (tertiary alicyclic amines) is 1. The van der Waals surface area contributed by atoms with Crippen molar-refractivity contribution < 1.29 is 19.5 Å². The van der Waals surface area contributed by atoms with Crippen LogP contribution >= 0.6 is 34.5 Å². The zero-order valence-corrected chi connectivity index (χ0v) is 21.8. The second-order valence-corrected chi connectivity index (χ2v) is 10.7. The van der Waals surface area contributed by atoms with Crippen molar-refractivity contribution in [1.82, 2.24) is 9.80 Å². The number of halogens is 2. The van der Waals surface area contributed by atoms with Gasteiger partial charge in [-0.25, -0.2) is 14.5 Å². The van der Waals surface area contributed by atoms with Gasteiger partial charge in [-0.05, 0) is 46.8 Å². The first-order valence-corrected chi connectivity index (χ1v) is 12.9. The van der Waals surface area contributed by atoms with Crippen molar-refractivity contribution in [2.75, 3.05) is 25.0 Å². The smallest absolute Gasteiger partial charge is 0.336 e. The minimum Gasteiger partial charge on any atom is -0.478 e. The number of amides is 3. The van der Waals surface area contributed by atoms with E-state index in [1.54, 1.807) is 42.1 Å². The van der Waals surface area contributed by atoms with Gasteiger partial charge >= 0.3 is 12.0 Å². The van der Waals surface area contributed by atoms with Gasteiger partial charge in [0, 0.05) is 48.0 Å². The van der Waals surface area contributed by atoms with E-state index in [4.69, 9.17) is 23.2 Å². The van der Waals surface area contributed by atoms with E-state index >= 15 is 0 Å². The summed E-state index contributed by atoms with van der Waals surface area (Å²) in [6, 6.07) is 13.1. The van der Waals surface area contributed by atoms with E-state index < -0.39 is 29.4 Å². The average molecular weight is 555 g/mol. The minimum atomic E-state index is -1.26. The molecule has 2 fully saturated rings. The van der Waals surface area contributed by atoms with Crippen LogP contribution in [0.25, 0.3) is 0 Å². The number of imide groups is 1. The molecule has 1 spiro atoms. The summed E-state index contributed by atoms with van der Waals surface area (Å²) in [5.41, 5.74) is 1.15. The molecular formula is C26H20Cl2N4O4S. The highest BCUT2D eigenvalue weighted by molar-refractivity contribution is 7.08. The molecule has 11 heteroatoms. The van der Waals surface area contributed by atoms with Crippen molar-refractivity contribution in [3.8, 4) is 6.07 Å². The number of urea groups is 1. The number of rotatable bonds is 5. The maximum Gasteiger partial charge on any atom is 0.336 e. The Morgan fingerprint density at radius 3 is 2.46 bits per heavy atom.